The summed E-state index contributed by atoms with van der Waals surface area (Å²) in [6, 6.07) is 11.0. The molecule has 4 heterocycles. The number of hydrogen-bond acceptors (Lipinski definition) is 7. The van der Waals surface area contributed by atoms with Crippen LogP contribution >= 0.6 is 0 Å². The van der Waals surface area contributed by atoms with E-state index in [1.807, 2.05) is 18.3 Å². The highest BCUT2D eigenvalue weighted by Gasteiger charge is 2.67. The van der Waals surface area contributed by atoms with E-state index in [1.54, 1.807) is 7.11 Å². The van der Waals surface area contributed by atoms with Crippen molar-refractivity contribution >= 4 is 17.4 Å². The average Bonchev–Trinajstić information content (AvgIpc) is 3.44. The van der Waals surface area contributed by atoms with Crippen LogP contribution in [0.15, 0.2) is 36.5 Å². The summed E-state index contributed by atoms with van der Waals surface area (Å²) in [6.45, 7) is 1.72. The Labute approximate surface area is 211 Å². The summed E-state index contributed by atoms with van der Waals surface area (Å²) in [6.07, 6.45) is 7.81. The second-order valence-corrected chi connectivity index (χ2v) is 11.4. The van der Waals surface area contributed by atoms with Gasteiger partial charge in [0.05, 0.1) is 24.7 Å². The molecule has 4 fully saturated rings. The Bertz CT molecular complexity index is 1160. The molecule has 2 aromatic rings. The molecular formula is C28H35N5O3. The minimum atomic E-state index is -0.364. The molecular weight excluding hydrogens is 454 g/mol. The zero-order chi connectivity index (χ0) is 24.4. The molecule has 8 nitrogen and oxygen atoms in total. The largest absolute Gasteiger partial charge is 0.497 e. The van der Waals surface area contributed by atoms with Crippen LogP contribution in [0, 0.1) is 17.8 Å². The van der Waals surface area contributed by atoms with Crippen LogP contribution in [0.5, 0.6) is 5.75 Å². The number of aliphatic hydroxyl groups excluding tert-OH is 1. The standard InChI is InChI=1S/C28H35N5O3/c1-36-19-4-6-23-21(13-19)28(27(35)30-23)14-22(28)16-2-5-20-24(12-16)31-32-26(20)17-3-7-25(29-15-17)33-10-8-18(34)9-11-33/h3-4,6-7,13,15-16,18,20,22,24,26,31-32,34H,2,5,8-12,14H2,1H3,(H,30,35)/t16?,20?,22-,24?,26?,28-/m0/s1. The summed E-state index contributed by atoms with van der Waals surface area (Å²) < 4.78 is 5.46. The Morgan fingerprint density at radius 3 is 2.75 bits per heavy atom. The molecule has 2 saturated carbocycles. The van der Waals surface area contributed by atoms with E-state index in [4.69, 9.17) is 9.72 Å². The number of carbonyl (C=O) groups excluding carboxylic acids is 1. The Hall–Kier alpha value is -2.68. The molecule has 0 bridgehead atoms. The van der Waals surface area contributed by atoms with Crippen molar-refractivity contribution in [3.8, 4) is 5.75 Å². The number of aliphatic hydroxyl groups is 1. The Balaban J connectivity index is 1.03. The number of hydrogen-bond donors (Lipinski definition) is 4. The number of anilines is 2. The van der Waals surface area contributed by atoms with Gasteiger partial charge in [-0.25, -0.2) is 10.4 Å². The first-order chi connectivity index (χ1) is 17.6. The van der Waals surface area contributed by atoms with Gasteiger partial charge in [-0.3, -0.25) is 10.2 Å². The molecule has 0 radical (unpaired) electrons. The molecule has 3 aliphatic heterocycles. The topological polar surface area (TPSA) is 98.8 Å². The van der Waals surface area contributed by atoms with Crippen LogP contribution in [0.3, 0.4) is 0 Å². The average molecular weight is 490 g/mol. The van der Waals surface area contributed by atoms with E-state index in [9.17, 15) is 9.90 Å². The first-order valence-corrected chi connectivity index (χ1v) is 13.5. The van der Waals surface area contributed by atoms with Crippen LogP contribution in [0.2, 0.25) is 0 Å². The van der Waals surface area contributed by atoms with Crippen molar-refractivity contribution in [1.82, 2.24) is 15.8 Å². The van der Waals surface area contributed by atoms with Gasteiger partial charge >= 0.3 is 0 Å². The van der Waals surface area contributed by atoms with E-state index in [2.05, 4.69) is 39.3 Å². The minimum Gasteiger partial charge on any atom is -0.497 e. The second-order valence-electron chi connectivity index (χ2n) is 11.4. The molecule has 2 aliphatic carbocycles. The van der Waals surface area contributed by atoms with Crippen LogP contribution in [-0.4, -0.2) is 48.3 Å². The van der Waals surface area contributed by atoms with Crippen LogP contribution in [0.25, 0.3) is 0 Å². The van der Waals surface area contributed by atoms with Crippen molar-refractivity contribution in [3.63, 3.8) is 0 Å². The van der Waals surface area contributed by atoms with Crippen molar-refractivity contribution in [2.24, 2.45) is 17.8 Å². The lowest BCUT2D eigenvalue weighted by molar-refractivity contribution is -0.118. The van der Waals surface area contributed by atoms with Crippen LogP contribution < -0.4 is 25.8 Å². The summed E-state index contributed by atoms with van der Waals surface area (Å²) in [4.78, 5) is 20.1. The number of hydrazine groups is 1. The molecule has 36 heavy (non-hydrogen) atoms. The lowest BCUT2D eigenvalue weighted by atomic mass is 9.72. The number of amides is 1. The van der Waals surface area contributed by atoms with Gasteiger partial charge in [0.1, 0.15) is 11.6 Å². The highest BCUT2D eigenvalue weighted by molar-refractivity contribution is 6.09. The fourth-order valence-corrected chi connectivity index (χ4v) is 7.57. The van der Waals surface area contributed by atoms with Gasteiger partial charge in [-0.2, -0.15) is 0 Å². The summed E-state index contributed by atoms with van der Waals surface area (Å²) >= 11 is 0. The molecule has 8 heteroatoms. The predicted octanol–water partition coefficient (Wildman–Crippen LogP) is 2.90. The van der Waals surface area contributed by atoms with E-state index in [0.717, 1.165) is 74.4 Å². The van der Waals surface area contributed by atoms with Gasteiger partial charge in [0.2, 0.25) is 5.91 Å². The van der Waals surface area contributed by atoms with Gasteiger partial charge in [-0.15, -0.1) is 0 Å². The third-order valence-corrected chi connectivity index (χ3v) is 9.66. The number of ether oxygens (including phenoxy) is 1. The highest BCUT2D eigenvalue weighted by atomic mass is 16.5. The van der Waals surface area contributed by atoms with Crippen molar-refractivity contribution in [2.45, 2.75) is 62.1 Å². The molecule has 1 aromatic heterocycles. The molecule has 5 aliphatic rings. The van der Waals surface area contributed by atoms with Crippen molar-refractivity contribution in [3.05, 3.63) is 47.7 Å². The number of nitrogens with one attached hydrogen (secondary N) is 3. The molecule has 4 N–H and O–H groups in total. The maximum atomic E-state index is 13.1. The quantitative estimate of drug-likeness (QED) is 0.524. The fourth-order valence-electron chi connectivity index (χ4n) is 7.57. The summed E-state index contributed by atoms with van der Waals surface area (Å²) in [7, 11) is 1.68. The maximum Gasteiger partial charge on any atom is 0.235 e. The van der Waals surface area contributed by atoms with E-state index in [1.165, 1.54) is 5.56 Å². The molecule has 190 valence electrons. The first-order valence-electron chi connectivity index (χ1n) is 13.5. The number of rotatable bonds is 4. The van der Waals surface area contributed by atoms with E-state index >= 15 is 0 Å². The van der Waals surface area contributed by atoms with Crippen LogP contribution in [-0.2, 0) is 10.2 Å². The molecule has 6 atom stereocenters. The predicted molar refractivity (Wildman–Crippen MR) is 137 cm³/mol. The number of carbonyl (C=O) groups is 1. The molecule has 1 spiro atoms. The van der Waals surface area contributed by atoms with E-state index in [-0.39, 0.29) is 23.5 Å². The number of pyridine rings is 1. The molecule has 2 saturated heterocycles. The van der Waals surface area contributed by atoms with Gasteiger partial charge < -0.3 is 20.1 Å². The van der Waals surface area contributed by atoms with E-state index < -0.39 is 0 Å². The smallest absolute Gasteiger partial charge is 0.235 e. The number of fused-ring (bicyclic) bond motifs is 3. The van der Waals surface area contributed by atoms with Gasteiger partial charge in [-0.1, -0.05) is 6.07 Å². The Morgan fingerprint density at radius 1 is 1.11 bits per heavy atom. The third kappa shape index (κ3) is 3.45. The Morgan fingerprint density at radius 2 is 1.97 bits per heavy atom. The lowest BCUT2D eigenvalue weighted by Crippen LogP contribution is -2.37. The lowest BCUT2D eigenvalue weighted by Gasteiger charge is -2.34. The van der Waals surface area contributed by atoms with Crippen molar-refractivity contribution in [2.75, 3.05) is 30.4 Å². The number of benzene rings is 1. The zero-order valence-corrected chi connectivity index (χ0v) is 20.7. The fraction of sp³-hybridized carbons (Fsp3) is 0.571. The van der Waals surface area contributed by atoms with Crippen molar-refractivity contribution < 1.29 is 14.6 Å². The molecule has 1 amide bonds. The Kier molecular flexibility index (Phi) is 5.27. The summed E-state index contributed by atoms with van der Waals surface area (Å²) in [5.41, 5.74) is 10.1. The van der Waals surface area contributed by atoms with Gasteiger partial charge in [0, 0.05) is 31.0 Å². The SMILES string of the molecule is COc1ccc2c(c1)[C@]1(C[C@H]1C1CCC3C(C1)NNC3c1ccc(N3CCC(O)CC3)nc1)C(=O)N2. The number of nitrogens with zero attached hydrogens (tertiary/aromatic N) is 2. The maximum absolute atomic E-state index is 13.1. The zero-order valence-electron chi connectivity index (χ0n) is 20.7. The van der Waals surface area contributed by atoms with Gasteiger partial charge in [-0.05, 0) is 91.7 Å². The molecule has 1 aromatic carbocycles. The van der Waals surface area contributed by atoms with E-state index in [0.29, 0.717) is 23.8 Å². The minimum absolute atomic E-state index is 0.169. The van der Waals surface area contributed by atoms with Crippen LogP contribution in [0.1, 0.15) is 55.7 Å². The first kappa shape index (κ1) is 22.5. The van der Waals surface area contributed by atoms with Crippen LogP contribution in [0.4, 0.5) is 11.5 Å². The third-order valence-electron chi connectivity index (χ3n) is 9.66. The number of aromatic nitrogens is 1. The van der Waals surface area contributed by atoms with Crippen molar-refractivity contribution in [1.29, 1.82) is 0 Å². The summed E-state index contributed by atoms with van der Waals surface area (Å²) in [5, 5.41) is 12.9. The monoisotopic (exact) mass is 489 g/mol. The number of methoxy groups -OCH3 is 1. The highest BCUT2D eigenvalue weighted by Crippen LogP contribution is 2.65. The summed E-state index contributed by atoms with van der Waals surface area (Å²) in [5.74, 6) is 3.46. The number of piperidine rings is 1. The second kappa shape index (κ2) is 8.43. The molecule has 7 rings (SSSR count). The normalized spacial score (nSPS) is 35.4. The molecule has 4 unspecified atom stereocenters. The van der Waals surface area contributed by atoms with Gasteiger partial charge in [0.25, 0.3) is 0 Å². The van der Waals surface area contributed by atoms with Gasteiger partial charge in [0.15, 0.2) is 0 Å².